The number of carbonyl (C=O) groups excluding carboxylic acids is 2. The second-order valence-corrected chi connectivity index (χ2v) is 10.6. The zero-order valence-corrected chi connectivity index (χ0v) is 21.3. The van der Waals surface area contributed by atoms with E-state index in [1.54, 1.807) is 36.9 Å². The molecule has 0 aromatic heterocycles. The molecule has 2 aliphatic rings. The number of rotatable bonds is 8. The highest BCUT2D eigenvalue weighted by molar-refractivity contribution is 6.30. The maximum atomic E-state index is 14.2. The number of nitrogens with zero attached hydrogens (tertiary/aromatic N) is 1. The molecule has 2 fully saturated rings. The van der Waals surface area contributed by atoms with Crippen molar-refractivity contribution in [2.75, 3.05) is 6.61 Å². The molecule has 0 spiro atoms. The van der Waals surface area contributed by atoms with E-state index >= 15 is 0 Å². The van der Waals surface area contributed by atoms with E-state index in [2.05, 4.69) is 0 Å². The number of hydrogen-bond acceptors (Lipinski definition) is 4. The Morgan fingerprint density at radius 3 is 2.37 bits per heavy atom. The molecular formula is C27H29Cl2NO5. The summed E-state index contributed by atoms with van der Waals surface area (Å²) in [5.41, 5.74) is 0.492. The fraction of sp³-hybridized carbons (Fsp3) is 0.444. The van der Waals surface area contributed by atoms with Gasteiger partial charge in [0.25, 0.3) is 0 Å². The molecule has 1 aliphatic heterocycles. The van der Waals surface area contributed by atoms with Gasteiger partial charge in [-0.25, -0.2) is 4.79 Å². The number of ether oxygens (including phenoxy) is 1. The van der Waals surface area contributed by atoms with Crippen molar-refractivity contribution in [1.29, 1.82) is 0 Å². The first-order valence-electron chi connectivity index (χ1n) is 11.9. The zero-order valence-electron chi connectivity index (χ0n) is 19.7. The average Bonchev–Trinajstić information content (AvgIpc) is 3.62. The number of likely N-dealkylation sites (tertiary alicyclic amines) is 1. The number of aliphatic carboxylic acids is 1. The van der Waals surface area contributed by atoms with Gasteiger partial charge in [-0.3, -0.25) is 9.59 Å². The maximum Gasteiger partial charge on any atom is 0.329 e. The van der Waals surface area contributed by atoms with Crippen LogP contribution in [0.2, 0.25) is 10.0 Å². The number of piperidine rings is 1. The minimum atomic E-state index is -1.21. The number of hydrogen-bond donors (Lipinski definition) is 1. The second kappa shape index (κ2) is 10.2. The van der Waals surface area contributed by atoms with Gasteiger partial charge >= 0.3 is 11.9 Å². The van der Waals surface area contributed by atoms with Crippen LogP contribution in [0, 0.1) is 11.3 Å². The van der Waals surface area contributed by atoms with Gasteiger partial charge in [0.15, 0.2) is 0 Å². The van der Waals surface area contributed by atoms with Gasteiger partial charge in [0, 0.05) is 16.0 Å². The van der Waals surface area contributed by atoms with E-state index in [9.17, 15) is 19.5 Å². The topological polar surface area (TPSA) is 83.9 Å². The van der Waals surface area contributed by atoms with E-state index < -0.39 is 29.4 Å². The lowest BCUT2D eigenvalue weighted by Crippen LogP contribution is -2.59. The third-order valence-electron chi connectivity index (χ3n) is 7.03. The molecule has 4 atom stereocenters. The summed E-state index contributed by atoms with van der Waals surface area (Å²) in [6.07, 6.45) is 1.56. The molecular weight excluding hydrogens is 489 g/mol. The van der Waals surface area contributed by atoms with E-state index in [0.717, 1.165) is 24.0 Å². The molecule has 1 saturated heterocycles. The number of carbonyl (C=O) groups is 3. The van der Waals surface area contributed by atoms with Crippen molar-refractivity contribution >= 4 is 41.0 Å². The van der Waals surface area contributed by atoms with E-state index in [1.807, 2.05) is 30.3 Å². The highest BCUT2D eigenvalue weighted by Gasteiger charge is 2.56. The summed E-state index contributed by atoms with van der Waals surface area (Å²) >= 11 is 12.5. The van der Waals surface area contributed by atoms with Crippen molar-refractivity contribution < 1.29 is 24.2 Å². The molecule has 1 heterocycles. The summed E-state index contributed by atoms with van der Waals surface area (Å²) in [5.74, 6) is -2.18. The van der Waals surface area contributed by atoms with Crippen LogP contribution in [0.5, 0.6) is 0 Å². The summed E-state index contributed by atoms with van der Waals surface area (Å²) in [5, 5.41) is 10.8. The van der Waals surface area contributed by atoms with Crippen molar-refractivity contribution in [2.24, 2.45) is 11.3 Å². The normalized spacial score (nSPS) is 25.3. The fourth-order valence-corrected chi connectivity index (χ4v) is 5.68. The van der Waals surface area contributed by atoms with Crippen LogP contribution in [0.3, 0.4) is 0 Å². The Morgan fingerprint density at radius 1 is 1.11 bits per heavy atom. The largest absolute Gasteiger partial charge is 0.481 e. The van der Waals surface area contributed by atoms with Gasteiger partial charge < -0.3 is 14.7 Å². The lowest BCUT2D eigenvalue weighted by Gasteiger charge is -2.51. The van der Waals surface area contributed by atoms with Crippen LogP contribution in [0.15, 0.2) is 48.5 Å². The number of benzene rings is 2. The van der Waals surface area contributed by atoms with Gasteiger partial charge in [0.05, 0.1) is 24.5 Å². The van der Waals surface area contributed by atoms with Crippen molar-refractivity contribution in [3.8, 4) is 0 Å². The molecule has 6 nitrogen and oxygen atoms in total. The number of halogens is 2. The second-order valence-electron chi connectivity index (χ2n) is 9.74. The van der Waals surface area contributed by atoms with Gasteiger partial charge in [0.2, 0.25) is 5.91 Å². The Labute approximate surface area is 215 Å². The van der Waals surface area contributed by atoms with Crippen molar-refractivity contribution in [3.63, 3.8) is 0 Å². The summed E-state index contributed by atoms with van der Waals surface area (Å²) in [4.78, 5) is 40.9. The molecule has 8 heteroatoms. The van der Waals surface area contributed by atoms with E-state index in [0.29, 0.717) is 16.5 Å². The van der Waals surface area contributed by atoms with Crippen LogP contribution in [-0.4, -0.2) is 40.5 Å². The highest BCUT2D eigenvalue weighted by atomic mass is 35.5. The van der Waals surface area contributed by atoms with Gasteiger partial charge in [0.1, 0.15) is 6.04 Å². The SMILES string of the molecule is CCOC(=O)C(C1CC1)N1C(=O)[C@@](C)(CC(=O)O)CC(c2cccc(Cl)c2)C1c1ccc(Cl)cc1. The molecule has 1 amide bonds. The standard InChI is InChI=1S/C27H29Cl2NO5/c1-3-35-25(33)24(17-7-8-17)30-23(16-9-11-19(28)12-10-16)21(18-5-4-6-20(29)13-18)14-27(2,26(30)34)15-22(31)32/h4-6,9-13,17,21,23-24H,3,7-8,14-15H2,1-2H3,(H,31,32)/t21?,23?,24?,27-/m1/s1. The molecule has 1 N–H and O–H groups in total. The fourth-order valence-electron chi connectivity index (χ4n) is 5.36. The molecule has 1 aliphatic carbocycles. The predicted octanol–water partition coefficient (Wildman–Crippen LogP) is 5.87. The van der Waals surface area contributed by atoms with E-state index in [4.69, 9.17) is 27.9 Å². The first-order chi connectivity index (χ1) is 16.6. The number of carboxylic acids is 1. The zero-order chi connectivity index (χ0) is 25.3. The van der Waals surface area contributed by atoms with Gasteiger partial charge in [-0.05, 0) is 67.5 Å². The van der Waals surface area contributed by atoms with Crippen molar-refractivity contribution in [2.45, 2.75) is 57.5 Å². The molecule has 0 bridgehead atoms. The molecule has 1 saturated carbocycles. The highest BCUT2D eigenvalue weighted by Crippen LogP contribution is 2.54. The van der Waals surface area contributed by atoms with Crippen LogP contribution in [0.25, 0.3) is 0 Å². The van der Waals surface area contributed by atoms with Crippen molar-refractivity contribution in [3.05, 3.63) is 69.7 Å². The minimum absolute atomic E-state index is 0.0278. The third kappa shape index (κ3) is 5.34. The van der Waals surface area contributed by atoms with Crippen LogP contribution in [-0.2, 0) is 19.1 Å². The Hall–Kier alpha value is -2.57. The van der Waals surface area contributed by atoms with Gasteiger partial charge in [-0.2, -0.15) is 0 Å². The van der Waals surface area contributed by atoms with Crippen LogP contribution >= 0.6 is 23.2 Å². The van der Waals surface area contributed by atoms with E-state index in [-0.39, 0.29) is 30.8 Å². The summed E-state index contributed by atoms with van der Waals surface area (Å²) in [7, 11) is 0. The first-order valence-corrected chi connectivity index (χ1v) is 12.6. The molecule has 3 unspecified atom stereocenters. The van der Waals surface area contributed by atoms with Crippen LogP contribution in [0.1, 0.15) is 62.6 Å². The monoisotopic (exact) mass is 517 g/mol. The first kappa shape index (κ1) is 25.5. The molecule has 4 rings (SSSR count). The Balaban J connectivity index is 1.92. The molecule has 2 aromatic rings. The average molecular weight is 518 g/mol. The molecule has 186 valence electrons. The van der Waals surface area contributed by atoms with Crippen molar-refractivity contribution in [1.82, 2.24) is 4.90 Å². The van der Waals surface area contributed by atoms with Crippen LogP contribution in [0.4, 0.5) is 0 Å². The Kier molecular flexibility index (Phi) is 7.43. The summed E-state index contributed by atoms with van der Waals surface area (Å²) in [6, 6.07) is 13.3. The number of esters is 1. The predicted molar refractivity (Wildman–Crippen MR) is 133 cm³/mol. The Morgan fingerprint density at radius 2 is 1.80 bits per heavy atom. The number of amides is 1. The maximum absolute atomic E-state index is 14.2. The molecule has 0 radical (unpaired) electrons. The Bertz CT molecular complexity index is 1120. The smallest absolute Gasteiger partial charge is 0.329 e. The summed E-state index contributed by atoms with van der Waals surface area (Å²) < 4.78 is 5.43. The summed E-state index contributed by atoms with van der Waals surface area (Å²) in [6.45, 7) is 3.61. The molecule has 2 aromatic carbocycles. The van der Waals surface area contributed by atoms with Crippen LogP contribution < -0.4 is 0 Å². The minimum Gasteiger partial charge on any atom is -0.481 e. The quantitative estimate of drug-likeness (QED) is 0.442. The number of carboxylic acid groups (broad SMARTS) is 1. The third-order valence-corrected chi connectivity index (χ3v) is 7.52. The van der Waals surface area contributed by atoms with Gasteiger partial charge in [-0.1, -0.05) is 54.4 Å². The lowest BCUT2D eigenvalue weighted by molar-refractivity contribution is -0.170. The van der Waals surface area contributed by atoms with Gasteiger partial charge in [-0.15, -0.1) is 0 Å². The van der Waals surface area contributed by atoms with E-state index in [1.165, 1.54) is 0 Å². The lowest BCUT2D eigenvalue weighted by atomic mass is 9.67. The molecule has 35 heavy (non-hydrogen) atoms.